The molecule has 0 bridgehead atoms. The fraction of sp³-hybridized carbons (Fsp3) is 0.185. The number of nitrogens with zero attached hydrogens (tertiary/aromatic N) is 1. The number of benzene rings is 3. The summed E-state index contributed by atoms with van der Waals surface area (Å²) in [4.78, 5) is 25.6. The minimum atomic E-state index is -0.535. The zero-order valence-electron chi connectivity index (χ0n) is 18.7. The number of carbonyl (C=O) groups is 2. The Labute approximate surface area is 202 Å². The van der Waals surface area contributed by atoms with Crippen molar-refractivity contribution in [2.45, 2.75) is 17.9 Å². The van der Waals surface area contributed by atoms with E-state index < -0.39 is 11.7 Å². The van der Waals surface area contributed by atoms with E-state index >= 15 is 0 Å². The van der Waals surface area contributed by atoms with Gasteiger partial charge >= 0.3 is 0 Å². The van der Waals surface area contributed by atoms with Crippen LogP contribution in [0.3, 0.4) is 0 Å². The normalized spacial score (nSPS) is 10.9. The topological polar surface area (TPSA) is 63.1 Å². The highest BCUT2D eigenvalue weighted by Gasteiger charge is 2.13. The Hall–Kier alpha value is -3.58. The van der Waals surface area contributed by atoms with Gasteiger partial charge in [-0.1, -0.05) is 60.7 Å². The molecule has 0 atom stereocenters. The third-order valence-electron chi connectivity index (χ3n) is 5.45. The monoisotopic (exact) mass is 475 g/mol. The first-order valence-electron chi connectivity index (χ1n) is 11.2. The van der Waals surface area contributed by atoms with Gasteiger partial charge in [0.05, 0.1) is 11.3 Å². The molecule has 0 aliphatic rings. The van der Waals surface area contributed by atoms with Crippen LogP contribution in [-0.4, -0.2) is 35.2 Å². The maximum atomic E-state index is 13.8. The molecule has 4 rings (SSSR count). The summed E-state index contributed by atoms with van der Waals surface area (Å²) >= 11 is 1.49. The van der Waals surface area contributed by atoms with Gasteiger partial charge in [0.15, 0.2) is 0 Å². The first-order chi connectivity index (χ1) is 16.6. The maximum absolute atomic E-state index is 13.8. The van der Waals surface area contributed by atoms with E-state index in [1.54, 1.807) is 12.1 Å². The molecule has 4 aromatic rings. The third-order valence-corrected chi connectivity index (χ3v) is 6.49. The van der Waals surface area contributed by atoms with Crippen LogP contribution in [0.4, 0.5) is 4.39 Å². The summed E-state index contributed by atoms with van der Waals surface area (Å²) in [6, 6.07) is 24.0. The molecule has 0 unspecified atom stereocenters. The molecule has 0 aliphatic carbocycles. The molecule has 0 spiro atoms. The van der Waals surface area contributed by atoms with Crippen molar-refractivity contribution in [1.82, 2.24) is 15.2 Å². The number of halogens is 1. The van der Waals surface area contributed by atoms with E-state index in [2.05, 4.69) is 22.8 Å². The van der Waals surface area contributed by atoms with Crippen LogP contribution >= 0.6 is 11.8 Å². The summed E-state index contributed by atoms with van der Waals surface area (Å²) in [7, 11) is 0. The Kier molecular flexibility index (Phi) is 7.99. The second kappa shape index (κ2) is 11.5. The number of aromatic nitrogens is 1. The molecule has 3 aromatic carbocycles. The lowest BCUT2D eigenvalue weighted by atomic mass is 10.1. The minimum absolute atomic E-state index is 0.00471. The van der Waals surface area contributed by atoms with Crippen LogP contribution in [0.25, 0.3) is 10.9 Å². The van der Waals surface area contributed by atoms with E-state index in [1.165, 1.54) is 29.5 Å². The zero-order chi connectivity index (χ0) is 23.8. The van der Waals surface area contributed by atoms with Crippen molar-refractivity contribution < 1.29 is 14.0 Å². The van der Waals surface area contributed by atoms with Gasteiger partial charge in [-0.25, -0.2) is 4.39 Å². The molecule has 5 nitrogen and oxygen atoms in total. The maximum Gasteiger partial charge on any atom is 0.254 e. The van der Waals surface area contributed by atoms with Crippen LogP contribution in [0, 0.1) is 5.82 Å². The van der Waals surface area contributed by atoms with Crippen molar-refractivity contribution >= 4 is 34.5 Å². The minimum Gasteiger partial charge on any atom is -0.355 e. The third kappa shape index (κ3) is 6.05. The Morgan fingerprint density at radius 3 is 2.41 bits per heavy atom. The number of carbonyl (C=O) groups excluding carboxylic acids is 2. The van der Waals surface area contributed by atoms with Crippen molar-refractivity contribution in [1.29, 1.82) is 0 Å². The second-order valence-corrected chi connectivity index (χ2v) is 8.83. The molecule has 1 heterocycles. The number of nitrogens with one attached hydrogen (secondary N) is 2. The molecular formula is C27H26FN3O2S. The Balaban J connectivity index is 1.32. The van der Waals surface area contributed by atoms with Gasteiger partial charge in [0, 0.05) is 41.6 Å². The summed E-state index contributed by atoms with van der Waals surface area (Å²) in [5.41, 5.74) is 2.25. The molecular weight excluding hydrogens is 449 g/mol. The highest BCUT2D eigenvalue weighted by atomic mass is 32.2. The summed E-state index contributed by atoms with van der Waals surface area (Å²) in [5.74, 6) is -0.648. The van der Waals surface area contributed by atoms with Crippen LogP contribution in [0.2, 0.25) is 0 Å². The molecule has 1 aromatic heterocycles. The SMILES string of the molecule is O=C(CSc1cn(CCNC(=O)c2ccccc2F)c2ccccc12)NCCc1ccccc1. The standard InChI is InChI=1S/C27H26FN3O2S/c28-23-12-6-4-10-21(23)27(33)30-16-17-31-18-25(22-11-5-7-13-24(22)31)34-19-26(32)29-15-14-20-8-2-1-3-9-20/h1-13,18H,14-17,19H2,(H,29,32)(H,30,33). The molecule has 7 heteroatoms. The fourth-order valence-corrected chi connectivity index (χ4v) is 4.65. The smallest absolute Gasteiger partial charge is 0.254 e. The number of para-hydroxylation sites is 1. The molecule has 174 valence electrons. The van der Waals surface area contributed by atoms with E-state index in [-0.39, 0.29) is 11.5 Å². The molecule has 0 aliphatic heterocycles. The largest absolute Gasteiger partial charge is 0.355 e. The lowest BCUT2D eigenvalue weighted by molar-refractivity contribution is -0.118. The summed E-state index contributed by atoms with van der Waals surface area (Å²) in [5, 5.41) is 6.82. The molecule has 0 saturated heterocycles. The number of amides is 2. The van der Waals surface area contributed by atoms with E-state index in [1.807, 2.05) is 53.2 Å². The summed E-state index contributed by atoms with van der Waals surface area (Å²) in [6.07, 6.45) is 2.80. The highest BCUT2D eigenvalue weighted by molar-refractivity contribution is 8.00. The molecule has 0 fully saturated rings. The van der Waals surface area contributed by atoms with Crippen molar-refractivity contribution in [2.24, 2.45) is 0 Å². The van der Waals surface area contributed by atoms with E-state index in [0.717, 1.165) is 22.2 Å². The fourth-order valence-electron chi connectivity index (χ4n) is 3.73. The lowest BCUT2D eigenvalue weighted by Crippen LogP contribution is -2.27. The van der Waals surface area contributed by atoms with Crippen molar-refractivity contribution in [2.75, 3.05) is 18.8 Å². The van der Waals surface area contributed by atoms with Gasteiger partial charge in [0.1, 0.15) is 5.82 Å². The predicted molar refractivity (Wildman–Crippen MR) is 135 cm³/mol. The van der Waals surface area contributed by atoms with Crippen LogP contribution in [-0.2, 0) is 17.8 Å². The first-order valence-corrected chi connectivity index (χ1v) is 12.1. The second-order valence-electron chi connectivity index (χ2n) is 7.81. The number of fused-ring (bicyclic) bond motifs is 1. The predicted octanol–water partition coefficient (Wildman–Crippen LogP) is 4.66. The van der Waals surface area contributed by atoms with Gasteiger partial charge in [0.2, 0.25) is 5.91 Å². The summed E-state index contributed by atoms with van der Waals surface area (Å²) < 4.78 is 15.9. The van der Waals surface area contributed by atoms with Crippen LogP contribution in [0.15, 0.2) is 90.0 Å². The van der Waals surface area contributed by atoms with Gasteiger partial charge in [-0.3, -0.25) is 9.59 Å². The van der Waals surface area contributed by atoms with E-state index in [9.17, 15) is 14.0 Å². The number of hydrogen-bond acceptors (Lipinski definition) is 3. The summed E-state index contributed by atoms with van der Waals surface area (Å²) in [6.45, 7) is 1.49. The average Bonchev–Trinajstić information content (AvgIpc) is 3.21. The first kappa shape index (κ1) is 23.6. The van der Waals surface area contributed by atoms with Crippen molar-refractivity contribution in [3.05, 3.63) is 102 Å². The van der Waals surface area contributed by atoms with Gasteiger partial charge in [0.25, 0.3) is 5.91 Å². The molecule has 2 N–H and O–H groups in total. The Bertz CT molecular complexity index is 1270. The highest BCUT2D eigenvalue weighted by Crippen LogP contribution is 2.29. The van der Waals surface area contributed by atoms with Gasteiger partial charge in [-0.2, -0.15) is 0 Å². The van der Waals surface area contributed by atoms with Gasteiger partial charge in [-0.05, 0) is 30.2 Å². The average molecular weight is 476 g/mol. The Morgan fingerprint density at radius 1 is 0.853 bits per heavy atom. The Morgan fingerprint density at radius 2 is 1.59 bits per heavy atom. The van der Waals surface area contributed by atoms with E-state index in [4.69, 9.17) is 0 Å². The van der Waals surface area contributed by atoms with E-state index in [0.29, 0.717) is 25.4 Å². The van der Waals surface area contributed by atoms with Crippen molar-refractivity contribution in [3.63, 3.8) is 0 Å². The molecule has 0 radical (unpaired) electrons. The number of rotatable bonds is 10. The molecule has 34 heavy (non-hydrogen) atoms. The van der Waals surface area contributed by atoms with Crippen LogP contribution in [0.5, 0.6) is 0 Å². The van der Waals surface area contributed by atoms with Crippen LogP contribution < -0.4 is 10.6 Å². The zero-order valence-corrected chi connectivity index (χ0v) is 19.5. The number of hydrogen-bond donors (Lipinski definition) is 2. The molecule has 0 saturated carbocycles. The van der Waals surface area contributed by atoms with Crippen molar-refractivity contribution in [3.8, 4) is 0 Å². The lowest BCUT2D eigenvalue weighted by Gasteiger charge is -2.08. The van der Waals surface area contributed by atoms with Gasteiger partial charge in [-0.15, -0.1) is 11.8 Å². The van der Waals surface area contributed by atoms with Gasteiger partial charge < -0.3 is 15.2 Å². The molecule has 2 amide bonds. The quantitative estimate of drug-likeness (QED) is 0.328. The number of thioether (sulfide) groups is 1. The van der Waals surface area contributed by atoms with Crippen LogP contribution in [0.1, 0.15) is 15.9 Å².